The molecule has 1 aliphatic rings. The summed E-state index contributed by atoms with van der Waals surface area (Å²) in [5, 5.41) is 4.06. The topological polar surface area (TPSA) is 58.4 Å². The van der Waals surface area contributed by atoms with Gasteiger partial charge in [0.25, 0.3) is 0 Å². The second kappa shape index (κ2) is 7.42. The minimum Gasteiger partial charge on any atom is -0.488 e. The molecule has 2 aromatic carbocycles. The van der Waals surface area contributed by atoms with E-state index in [1.54, 1.807) is 0 Å². The Bertz CT molecular complexity index is 892. The first-order valence-electron chi connectivity index (χ1n) is 8.40. The second-order valence-electron chi connectivity index (χ2n) is 6.19. The lowest BCUT2D eigenvalue weighted by atomic mass is 9.94. The molecular weight excluding hydrogens is 356 g/mol. The quantitative estimate of drug-likeness (QED) is 0.665. The minimum absolute atomic E-state index is 0.0677. The van der Waals surface area contributed by atoms with Gasteiger partial charge >= 0.3 is 0 Å². The molecule has 3 aromatic rings. The van der Waals surface area contributed by atoms with Crippen molar-refractivity contribution < 1.29 is 23.0 Å². The first-order chi connectivity index (χ1) is 13.1. The van der Waals surface area contributed by atoms with Crippen LogP contribution in [0.25, 0.3) is 0 Å². The molecule has 0 saturated carbocycles. The summed E-state index contributed by atoms with van der Waals surface area (Å²) in [6, 6.07) is 12.6. The van der Waals surface area contributed by atoms with Gasteiger partial charge in [0.15, 0.2) is 6.29 Å². The maximum absolute atomic E-state index is 14.5. The van der Waals surface area contributed by atoms with Gasteiger partial charge in [-0.15, -0.1) is 0 Å². The van der Waals surface area contributed by atoms with E-state index in [4.69, 9.17) is 14.2 Å². The lowest BCUT2D eigenvalue weighted by Gasteiger charge is -2.28. The first kappa shape index (κ1) is 17.6. The van der Waals surface area contributed by atoms with Crippen LogP contribution in [-0.2, 0) is 21.6 Å². The fourth-order valence-corrected chi connectivity index (χ4v) is 3.05. The van der Waals surface area contributed by atoms with Crippen molar-refractivity contribution in [3.05, 3.63) is 78.4 Å². The molecule has 0 amide bonds. The molecule has 140 valence electrons. The van der Waals surface area contributed by atoms with E-state index in [2.05, 4.69) is 10.1 Å². The number of halogens is 2. The van der Waals surface area contributed by atoms with Crippen molar-refractivity contribution in [2.75, 3.05) is 13.2 Å². The van der Waals surface area contributed by atoms with Crippen LogP contribution in [-0.4, -0.2) is 34.3 Å². The van der Waals surface area contributed by atoms with Gasteiger partial charge in [-0.3, -0.25) is 0 Å². The fraction of sp³-hybridized carbons (Fsp3) is 0.263. The van der Waals surface area contributed by atoms with Crippen molar-refractivity contribution in [3.8, 4) is 5.75 Å². The molecule has 0 N–H and O–H groups in total. The predicted molar refractivity (Wildman–Crippen MR) is 90.8 cm³/mol. The summed E-state index contributed by atoms with van der Waals surface area (Å²) in [4.78, 5) is 3.90. The molecule has 1 fully saturated rings. The minimum atomic E-state index is -1.17. The Kier molecular flexibility index (Phi) is 4.83. The Morgan fingerprint density at radius 2 is 2.04 bits per heavy atom. The summed E-state index contributed by atoms with van der Waals surface area (Å²) in [6.07, 6.45) is 2.17. The Labute approximate surface area is 154 Å². The van der Waals surface area contributed by atoms with E-state index in [-0.39, 0.29) is 25.3 Å². The predicted octanol–water partition coefficient (Wildman–Crippen LogP) is 2.90. The second-order valence-corrected chi connectivity index (χ2v) is 6.19. The zero-order chi connectivity index (χ0) is 18.7. The molecule has 2 heterocycles. The van der Waals surface area contributed by atoms with Gasteiger partial charge in [-0.2, -0.15) is 5.10 Å². The van der Waals surface area contributed by atoms with Crippen LogP contribution in [0.15, 0.2) is 61.2 Å². The highest BCUT2D eigenvalue weighted by atomic mass is 19.1. The zero-order valence-corrected chi connectivity index (χ0v) is 14.3. The highest BCUT2D eigenvalue weighted by molar-refractivity contribution is 5.26. The molecule has 2 atom stereocenters. The maximum atomic E-state index is 14.5. The van der Waals surface area contributed by atoms with E-state index in [0.29, 0.717) is 5.75 Å². The molecule has 0 spiro atoms. The Hall–Kier alpha value is -2.84. The third-order valence-corrected chi connectivity index (χ3v) is 4.29. The SMILES string of the molecule is Fc1ccc(C2(Cn3cncn3)CO[C@@H](COc3ccccc3)O2)c(F)c1. The number of benzene rings is 2. The Morgan fingerprint density at radius 3 is 2.78 bits per heavy atom. The third kappa shape index (κ3) is 3.81. The van der Waals surface area contributed by atoms with Crippen molar-refractivity contribution in [1.29, 1.82) is 0 Å². The van der Waals surface area contributed by atoms with Crippen LogP contribution in [0, 0.1) is 11.6 Å². The van der Waals surface area contributed by atoms with Crippen LogP contribution < -0.4 is 4.74 Å². The molecule has 8 heteroatoms. The molecular formula is C19H17F2N3O3. The molecule has 1 unspecified atom stereocenters. The number of aromatic nitrogens is 3. The van der Waals surface area contributed by atoms with Crippen LogP contribution in [0.4, 0.5) is 8.78 Å². The number of nitrogens with zero attached hydrogens (tertiary/aromatic N) is 3. The van der Waals surface area contributed by atoms with E-state index in [1.165, 1.54) is 29.5 Å². The third-order valence-electron chi connectivity index (χ3n) is 4.29. The van der Waals surface area contributed by atoms with Crippen LogP contribution in [0.1, 0.15) is 5.56 Å². The van der Waals surface area contributed by atoms with Gasteiger partial charge in [0.1, 0.15) is 42.2 Å². The Morgan fingerprint density at radius 1 is 1.19 bits per heavy atom. The Balaban J connectivity index is 1.56. The lowest BCUT2D eigenvalue weighted by molar-refractivity contribution is -0.117. The van der Waals surface area contributed by atoms with Crippen LogP contribution >= 0.6 is 0 Å². The van der Waals surface area contributed by atoms with Gasteiger partial charge in [-0.05, 0) is 18.2 Å². The summed E-state index contributed by atoms with van der Waals surface area (Å²) in [6.45, 7) is 0.363. The van der Waals surface area contributed by atoms with Gasteiger partial charge in [-0.25, -0.2) is 18.4 Å². The van der Waals surface area contributed by atoms with E-state index < -0.39 is 23.5 Å². The molecule has 1 saturated heterocycles. The van der Waals surface area contributed by atoms with E-state index in [0.717, 1.165) is 6.07 Å². The normalized spacial score (nSPS) is 22.1. The van der Waals surface area contributed by atoms with Crippen molar-refractivity contribution >= 4 is 0 Å². The molecule has 1 aromatic heterocycles. The molecule has 0 bridgehead atoms. The molecule has 1 aliphatic heterocycles. The average molecular weight is 373 g/mol. The van der Waals surface area contributed by atoms with Gasteiger partial charge < -0.3 is 14.2 Å². The summed E-state index contributed by atoms with van der Waals surface area (Å²) < 4.78 is 46.8. The number of hydrogen-bond acceptors (Lipinski definition) is 5. The summed E-state index contributed by atoms with van der Waals surface area (Å²) in [7, 11) is 0. The van der Waals surface area contributed by atoms with E-state index in [9.17, 15) is 8.78 Å². The van der Waals surface area contributed by atoms with E-state index in [1.807, 2.05) is 30.3 Å². The number of rotatable bonds is 6. The summed E-state index contributed by atoms with van der Waals surface area (Å²) in [5.74, 6) is -0.690. The monoisotopic (exact) mass is 373 g/mol. The summed E-state index contributed by atoms with van der Waals surface area (Å²) in [5.41, 5.74) is -0.975. The molecule has 0 radical (unpaired) electrons. The number of hydrogen-bond donors (Lipinski definition) is 0. The molecule has 0 aliphatic carbocycles. The van der Waals surface area contributed by atoms with E-state index >= 15 is 0 Å². The van der Waals surface area contributed by atoms with Gasteiger partial charge in [0.05, 0.1) is 13.2 Å². The average Bonchev–Trinajstić information content (AvgIpc) is 3.32. The van der Waals surface area contributed by atoms with Crippen LogP contribution in [0.2, 0.25) is 0 Å². The molecule has 4 rings (SSSR count). The largest absolute Gasteiger partial charge is 0.488 e. The number of ether oxygens (including phenoxy) is 3. The van der Waals surface area contributed by atoms with Gasteiger partial charge in [-0.1, -0.05) is 24.3 Å². The standard InChI is InChI=1S/C19H17F2N3O3/c20-14-6-7-16(17(21)8-14)19(10-24-13-22-12-23-24)11-26-18(27-19)9-25-15-4-2-1-3-5-15/h1-8,12-13,18H,9-11H2/t18-,19?/m1/s1. The van der Waals surface area contributed by atoms with Crippen molar-refractivity contribution in [3.63, 3.8) is 0 Å². The van der Waals surface area contributed by atoms with Crippen molar-refractivity contribution in [2.45, 2.75) is 18.4 Å². The maximum Gasteiger partial charge on any atom is 0.193 e. The van der Waals surface area contributed by atoms with Gasteiger partial charge in [0, 0.05) is 11.6 Å². The smallest absolute Gasteiger partial charge is 0.193 e. The van der Waals surface area contributed by atoms with Crippen LogP contribution in [0.3, 0.4) is 0 Å². The first-order valence-corrected chi connectivity index (χ1v) is 8.40. The van der Waals surface area contributed by atoms with Gasteiger partial charge in [0.2, 0.25) is 0 Å². The highest BCUT2D eigenvalue weighted by Gasteiger charge is 2.45. The number of para-hydroxylation sites is 1. The lowest BCUT2D eigenvalue weighted by Crippen LogP contribution is -2.36. The molecule has 6 nitrogen and oxygen atoms in total. The van der Waals surface area contributed by atoms with Crippen molar-refractivity contribution in [2.24, 2.45) is 0 Å². The summed E-state index contributed by atoms with van der Waals surface area (Å²) >= 11 is 0. The molecule has 27 heavy (non-hydrogen) atoms. The van der Waals surface area contributed by atoms with Crippen LogP contribution in [0.5, 0.6) is 5.75 Å². The highest BCUT2D eigenvalue weighted by Crippen LogP contribution is 2.37. The van der Waals surface area contributed by atoms with Crippen molar-refractivity contribution in [1.82, 2.24) is 14.8 Å². The fourth-order valence-electron chi connectivity index (χ4n) is 3.05. The zero-order valence-electron chi connectivity index (χ0n) is 14.3.